The number of rotatable bonds is 4. The molecule has 1 aliphatic heterocycles. The number of fused-ring (bicyclic) bond motifs is 1. The summed E-state index contributed by atoms with van der Waals surface area (Å²) in [6, 6.07) is 9.85. The van der Waals surface area contributed by atoms with Gasteiger partial charge in [0.2, 0.25) is 5.91 Å². The van der Waals surface area contributed by atoms with Crippen LogP contribution in [0.4, 0.5) is 17.1 Å². The molecule has 0 aromatic heterocycles. The van der Waals surface area contributed by atoms with E-state index in [9.17, 15) is 23.3 Å². The van der Waals surface area contributed by atoms with Gasteiger partial charge in [-0.1, -0.05) is 12.1 Å². The topological polar surface area (TPSA) is 118 Å². The van der Waals surface area contributed by atoms with Crippen LogP contribution in [-0.4, -0.2) is 19.2 Å². The first-order valence-electron chi connectivity index (χ1n) is 7.06. The van der Waals surface area contributed by atoms with Crippen molar-refractivity contribution < 1.29 is 18.1 Å². The van der Waals surface area contributed by atoms with Gasteiger partial charge >= 0.3 is 0 Å². The Morgan fingerprint density at radius 2 is 1.88 bits per heavy atom. The number of nitro benzene ring substituents is 1. The van der Waals surface area contributed by atoms with Gasteiger partial charge < -0.3 is 5.32 Å². The predicted octanol–water partition coefficient (Wildman–Crippen LogP) is 2.28. The van der Waals surface area contributed by atoms with Crippen molar-refractivity contribution in [3.8, 4) is 0 Å². The minimum absolute atomic E-state index is 0.0873. The summed E-state index contributed by atoms with van der Waals surface area (Å²) in [4.78, 5) is 21.2. The summed E-state index contributed by atoms with van der Waals surface area (Å²) in [5, 5.41) is 13.7. The molecule has 2 N–H and O–H groups in total. The quantitative estimate of drug-likeness (QED) is 0.650. The molecule has 1 amide bonds. The molecule has 0 saturated heterocycles. The van der Waals surface area contributed by atoms with Gasteiger partial charge in [-0.15, -0.1) is 0 Å². The van der Waals surface area contributed by atoms with Gasteiger partial charge in [0.15, 0.2) is 4.90 Å². The van der Waals surface area contributed by atoms with Gasteiger partial charge in [0.25, 0.3) is 15.7 Å². The maximum atomic E-state index is 12.5. The fourth-order valence-corrected chi connectivity index (χ4v) is 3.72. The summed E-state index contributed by atoms with van der Waals surface area (Å²) in [5.74, 6) is -0.0873. The van der Waals surface area contributed by atoms with E-state index in [1.165, 1.54) is 24.3 Å². The van der Waals surface area contributed by atoms with Gasteiger partial charge in [-0.05, 0) is 36.2 Å². The van der Waals surface area contributed by atoms with E-state index in [4.69, 9.17) is 0 Å². The van der Waals surface area contributed by atoms with E-state index in [0.717, 1.165) is 11.6 Å². The molecule has 9 heteroatoms. The van der Waals surface area contributed by atoms with Crippen molar-refractivity contribution in [1.29, 1.82) is 0 Å². The number of carbonyl (C=O) groups excluding carboxylic acids is 1. The lowest BCUT2D eigenvalue weighted by atomic mass is 10.0. The van der Waals surface area contributed by atoms with E-state index in [1.807, 2.05) is 0 Å². The largest absolute Gasteiger partial charge is 0.326 e. The highest BCUT2D eigenvalue weighted by atomic mass is 32.2. The molecule has 124 valence electrons. The monoisotopic (exact) mass is 347 g/mol. The molecule has 2 aromatic carbocycles. The summed E-state index contributed by atoms with van der Waals surface area (Å²) in [6.07, 6.45) is 0.829. The zero-order valence-corrected chi connectivity index (χ0v) is 13.2. The number of carbonyl (C=O) groups is 1. The third-order valence-electron chi connectivity index (χ3n) is 3.60. The Bertz CT molecular complexity index is 940. The maximum absolute atomic E-state index is 12.5. The summed E-state index contributed by atoms with van der Waals surface area (Å²) < 4.78 is 27.3. The molecule has 0 aliphatic carbocycles. The zero-order valence-electron chi connectivity index (χ0n) is 12.4. The second-order valence-corrected chi connectivity index (χ2v) is 6.90. The highest BCUT2D eigenvalue weighted by Gasteiger charge is 2.25. The standard InChI is InChI=1S/C15H13N3O5S/c19-15-8-5-10-9-11(6-7-12(10)16-15)17-24(22,23)14-4-2-1-3-13(14)18(20)21/h1-4,6-7,9,17H,5,8H2,(H,16,19). The first-order chi connectivity index (χ1) is 11.4. The van der Waals surface area contributed by atoms with Gasteiger partial charge in [-0.25, -0.2) is 8.42 Å². The molecule has 2 aromatic rings. The van der Waals surface area contributed by atoms with Crippen molar-refractivity contribution in [2.24, 2.45) is 0 Å². The Hall–Kier alpha value is -2.94. The number of benzene rings is 2. The molecule has 0 radical (unpaired) electrons. The average molecular weight is 347 g/mol. The van der Waals surface area contributed by atoms with E-state index < -0.39 is 25.5 Å². The van der Waals surface area contributed by atoms with Crippen LogP contribution < -0.4 is 10.0 Å². The number of amides is 1. The Morgan fingerprint density at radius 1 is 1.12 bits per heavy atom. The van der Waals surface area contributed by atoms with E-state index in [0.29, 0.717) is 18.5 Å². The second-order valence-electron chi connectivity index (χ2n) is 5.25. The molecule has 24 heavy (non-hydrogen) atoms. The lowest BCUT2D eigenvalue weighted by Crippen LogP contribution is -2.19. The number of hydrogen-bond donors (Lipinski definition) is 2. The van der Waals surface area contributed by atoms with E-state index in [-0.39, 0.29) is 11.6 Å². The van der Waals surface area contributed by atoms with Crippen LogP contribution >= 0.6 is 0 Å². The van der Waals surface area contributed by atoms with Crippen LogP contribution in [0.5, 0.6) is 0 Å². The fraction of sp³-hybridized carbons (Fsp3) is 0.133. The predicted molar refractivity (Wildman–Crippen MR) is 87.3 cm³/mol. The second kappa shape index (κ2) is 5.93. The van der Waals surface area contributed by atoms with Crippen LogP contribution in [0.1, 0.15) is 12.0 Å². The third kappa shape index (κ3) is 3.06. The lowest BCUT2D eigenvalue weighted by molar-refractivity contribution is -0.387. The number of aryl methyl sites for hydroxylation is 1. The van der Waals surface area contributed by atoms with Crippen molar-refractivity contribution in [3.63, 3.8) is 0 Å². The Balaban J connectivity index is 1.94. The molecule has 1 heterocycles. The average Bonchev–Trinajstić information content (AvgIpc) is 2.54. The Labute approximate surface area is 137 Å². The summed E-state index contributed by atoms with van der Waals surface area (Å²) in [5.41, 5.74) is 1.23. The molecule has 0 spiro atoms. The summed E-state index contributed by atoms with van der Waals surface area (Å²) in [6.45, 7) is 0. The van der Waals surface area contributed by atoms with Crippen LogP contribution in [0.3, 0.4) is 0 Å². The van der Waals surface area contributed by atoms with Gasteiger partial charge in [0, 0.05) is 23.9 Å². The van der Waals surface area contributed by atoms with Crippen molar-refractivity contribution >= 4 is 33.0 Å². The number of para-hydroxylation sites is 1. The molecular formula is C15H13N3O5S. The van der Waals surface area contributed by atoms with Gasteiger partial charge in [0.1, 0.15) is 0 Å². The summed E-state index contributed by atoms with van der Waals surface area (Å²) in [7, 11) is -4.11. The normalized spacial score (nSPS) is 13.8. The smallest absolute Gasteiger partial charge is 0.289 e. The van der Waals surface area contributed by atoms with Gasteiger partial charge in [-0.2, -0.15) is 0 Å². The summed E-state index contributed by atoms with van der Waals surface area (Å²) >= 11 is 0. The molecule has 0 fully saturated rings. The van der Waals surface area contributed by atoms with Crippen molar-refractivity contribution in [3.05, 3.63) is 58.1 Å². The molecule has 1 aliphatic rings. The molecule has 0 saturated carbocycles. The van der Waals surface area contributed by atoms with Crippen LogP contribution in [0.15, 0.2) is 47.4 Å². The van der Waals surface area contributed by atoms with Crippen molar-refractivity contribution in [2.45, 2.75) is 17.7 Å². The highest BCUT2D eigenvalue weighted by molar-refractivity contribution is 7.92. The van der Waals surface area contributed by atoms with Crippen LogP contribution in [-0.2, 0) is 21.2 Å². The van der Waals surface area contributed by atoms with Gasteiger partial charge in [0.05, 0.1) is 4.92 Å². The SMILES string of the molecule is O=C1CCc2cc(NS(=O)(=O)c3ccccc3[N+](=O)[O-])ccc2N1. The van der Waals surface area contributed by atoms with E-state index in [1.54, 1.807) is 12.1 Å². The zero-order chi connectivity index (χ0) is 17.3. The van der Waals surface area contributed by atoms with Gasteiger partial charge in [-0.3, -0.25) is 19.6 Å². The first-order valence-corrected chi connectivity index (χ1v) is 8.54. The molecule has 0 bridgehead atoms. The lowest BCUT2D eigenvalue weighted by Gasteiger charge is -2.18. The molecule has 0 unspecified atom stereocenters. The van der Waals surface area contributed by atoms with Crippen LogP contribution in [0.25, 0.3) is 0 Å². The number of nitrogens with one attached hydrogen (secondary N) is 2. The Morgan fingerprint density at radius 3 is 2.62 bits per heavy atom. The molecule has 8 nitrogen and oxygen atoms in total. The van der Waals surface area contributed by atoms with Crippen molar-refractivity contribution in [2.75, 3.05) is 10.0 Å². The minimum atomic E-state index is -4.11. The fourth-order valence-electron chi connectivity index (χ4n) is 2.49. The molecule has 3 rings (SSSR count). The number of nitro groups is 1. The number of anilines is 2. The number of sulfonamides is 1. The third-order valence-corrected chi connectivity index (χ3v) is 5.03. The van der Waals surface area contributed by atoms with Crippen LogP contribution in [0, 0.1) is 10.1 Å². The Kier molecular flexibility index (Phi) is 3.94. The first kappa shape index (κ1) is 15.9. The minimum Gasteiger partial charge on any atom is -0.326 e. The number of nitrogens with zero attached hydrogens (tertiary/aromatic N) is 1. The number of hydrogen-bond acceptors (Lipinski definition) is 5. The van der Waals surface area contributed by atoms with E-state index >= 15 is 0 Å². The van der Waals surface area contributed by atoms with Crippen molar-refractivity contribution in [1.82, 2.24) is 0 Å². The molecule has 0 atom stereocenters. The highest BCUT2D eigenvalue weighted by Crippen LogP contribution is 2.29. The molecular weight excluding hydrogens is 334 g/mol. The van der Waals surface area contributed by atoms with Crippen LogP contribution in [0.2, 0.25) is 0 Å². The maximum Gasteiger partial charge on any atom is 0.289 e. The van der Waals surface area contributed by atoms with E-state index in [2.05, 4.69) is 10.0 Å².